The molecule has 0 spiro atoms. The smallest absolute Gasteiger partial charge is 0.323 e. The van der Waals surface area contributed by atoms with Crippen molar-refractivity contribution in [3.05, 3.63) is 43.0 Å². The predicted octanol–water partition coefficient (Wildman–Crippen LogP) is 0.869. The summed E-state index contributed by atoms with van der Waals surface area (Å²) in [7, 11) is 0. The van der Waals surface area contributed by atoms with Crippen LogP contribution in [0.25, 0.3) is 0 Å². The van der Waals surface area contributed by atoms with Crippen LogP contribution in [0.1, 0.15) is 0 Å². The van der Waals surface area contributed by atoms with Crippen molar-refractivity contribution in [2.24, 2.45) is 0 Å². The molecular formula is C12H14N4O2. The molecule has 0 fully saturated rings. The maximum absolute atomic E-state index is 10.9. The first kappa shape index (κ1) is 12.1. The van der Waals surface area contributed by atoms with Gasteiger partial charge in [0.15, 0.2) is 0 Å². The molecule has 2 aromatic rings. The highest BCUT2D eigenvalue weighted by atomic mass is 16.4. The van der Waals surface area contributed by atoms with Crippen LogP contribution in [-0.4, -0.2) is 38.9 Å². The summed E-state index contributed by atoms with van der Waals surface area (Å²) < 4.78 is 1.68. The van der Waals surface area contributed by atoms with Gasteiger partial charge in [0.05, 0.1) is 6.54 Å². The van der Waals surface area contributed by atoms with E-state index in [1.807, 2.05) is 30.3 Å². The Hall–Kier alpha value is -2.37. The Kier molecular flexibility index (Phi) is 3.90. The van der Waals surface area contributed by atoms with E-state index >= 15 is 0 Å². The molecule has 6 heteroatoms. The number of hydrogen-bond donors (Lipinski definition) is 1. The minimum absolute atomic E-state index is 0.0291. The Labute approximate surface area is 104 Å². The highest BCUT2D eigenvalue weighted by Gasteiger charge is 2.10. The lowest BCUT2D eigenvalue weighted by molar-refractivity contribution is -0.135. The summed E-state index contributed by atoms with van der Waals surface area (Å²) in [6.45, 7) is 1.14. The summed E-state index contributed by atoms with van der Waals surface area (Å²) in [5.74, 6) is -0.850. The molecule has 0 saturated heterocycles. The minimum atomic E-state index is -0.850. The predicted molar refractivity (Wildman–Crippen MR) is 66.3 cm³/mol. The van der Waals surface area contributed by atoms with Crippen LogP contribution in [0, 0.1) is 0 Å². The molecule has 1 aromatic carbocycles. The normalized spacial score (nSPS) is 10.2. The molecule has 6 nitrogen and oxygen atoms in total. The molecule has 2 rings (SSSR count). The van der Waals surface area contributed by atoms with E-state index in [1.54, 1.807) is 15.9 Å². The van der Waals surface area contributed by atoms with Gasteiger partial charge in [0, 0.05) is 12.2 Å². The lowest BCUT2D eigenvalue weighted by Gasteiger charge is -2.22. The Balaban J connectivity index is 2.03. The average molecular weight is 246 g/mol. The monoisotopic (exact) mass is 246 g/mol. The van der Waals surface area contributed by atoms with Crippen molar-refractivity contribution in [2.75, 3.05) is 18.0 Å². The molecule has 0 aliphatic carbocycles. The van der Waals surface area contributed by atoms with Crippen LogP contribution in [0.15, 0.2) is 43.0 Å². The van der Waals surface area contributed by atoms with Gasteiger partial charge in [0.25, 0.3) is 0 Å². The molecule has 94 valence electrons. The number of carboxylic acid groups (broad SMARTS) is 1. The summed E-state index contributed by atoms with van der Waals surface area (Å²) in [5.41, 5.74) is 0.889. The molecule has 0 unspecified atom stereocenters. The summed E-state index contributed by atoms with van der Waals surface area (Å²) >= 11 is 0. The van der Waals surface area contributed by atoms with Gasteiger partial charge in [-0.2, -0.15) is 5.10 Å². The number of para-hydroxylation sites is 1. The van der Waals surface area contributed by atoms with Gasteiger partial charge in [-0.15, -0.1) is 0 Å². The summed E-state index contributed by atoms with van der Waals surface area (Å²) in [6, 6.07) is 9.47. The van der Waals surface area contributed by atoms with E-state index in [9.17, 15) is 4.79 Å². The number of rotatable bonds is 6. The topological polar surface area (TPSA) is 71.2 Å². The van der Waals surface area contributed by atoms with E-state index in [-0.39, 0.29) is 6.54 Å². The van der Waals surface area contributed by atoms with Gasteiger partial charge in [0.2, 0.25) is 0 Å². The van der Waals surface area contributed by atoms with E-state index in [4.69, 9.17) is 5.11 Å². The molecule has 0 aliphatic rings. The lowest BCUT2D eigenvalue weighted by Crippen LogP contribution is -2.32. The highest BCUT2D eigenvalue weighted by Crippen LogP contribution is 2.12. The van der Waals surface area contributed by atoms with E-state index in [1.165, 1.54) is 6.33 Å². The summed E-state index contributed by atoms with van der Waals surface area (Å²) in [6.07, 6.45) is 3.08. The fraction of sp³-hybridized carbons (Fsp3) is 0.250. The van der Waals surface area contributed by atoms with E-state index in [0.717, 1.165) is 5.69 Å². The van der Waals surface area contributed by atoms with Crippen molar-refractivity contribution in [2.45, 2.75) is 6.54 Å². The number of carbonyl (C=O) groups is 1. The first-order valence-corrected chi connectivity index (χ1v) is 5.60. The van der Waals surface area contributed by atoms with E-state index in [2.05, 4.69) is 10.1 Å². The zero-order valence-corrected chi connectivity index (χ0v) is 9.81. The van der Waals surface area contributed by atoms with Crippen LogP contribution in [0.4, 0.5) is 5.69 Å². The molecule has 1 heterocycles. The molecule has 0 atom stereocenters. The summed E-state index contributed by atoms with van der Waals surface area (Å²) in [5, 5.41) is 12.9. The van der Waals surface area contributed by atoms with E-state index in [0.29, 0.717) is 13.1 Å². The first-order chi connectivity index (χ1) is 8.75. The number of aliphatic carboxylic acids is 1. The molecule has 0 saturated carbocycles. The minimum Gasteiger partial charge on any atom is -0.480 e. The maximum Gasteiger partial charge on any atom is 0.323 e. The second kappa shape index (κ2) is 5.81. The zero-order chi connectivity index (χ0) is 12.8. The van der Waals surface area contributed by atoms with Crippen molar-refractivity contribution in [3.63, 3.8) is 0 Å². The molecule has 0 bridgehead atoms. The number of carboxylic acids is 1. The lowest BCUT2D eigenvalue weighted by atomic mass is 10.3. The second-order valence-electron chi connectivity index (χ2n) is 3.81. The fourth-order valence-corrected chi connectivity index (χ4v) is 1.67. The maximum atomic E-state index is 10.9. The largest absolute Gasteiger partial charge is 0.480 e. The average Bonchev–Trinajstić information content (AvgIpc) is 2.88. The first-order valence-electron chi connectivity index (χ1n) is 5.60. The number of hydrogen-bond acceptors (Lipinski definition) is 4. The quantitative estimate of drug-likeness (QED) is 0.818. The van der Waals surface area contributed by atoms with Crippen molar-refractivity contribution in [1.82, 2.24) is 14.8 Å². The third kappa shape index (κ3) is 3.31. The number of aromatic nitrogens is 3. The van der Waals surface area contributed by atoms with Crippen molar-refractivity contribution >= 4 is 11.7 Å². The third-order valence-electron chi connectivity index (χ3n) is 2.51. The summed E-state index contributed by atoms with van der Waals surface area (Å²) in [4.78, 5) is 16.5. The van der Waals surface area contributed by atoms with Crippen molar-refractivity contribution < 1.29 is 9.90 Å². The van der Waals surface area contributed by atoms with Crippen molar-refractivity contribution in [1.29, 1.82) is 0 Å². The molecule has 0 radical (unpaired) electrons. The fourth-order valence-electron chi connectivity index (χ4n) is 1.67. The van der Waals surface area contributed by atoms with Gasteiger partial charge in [-0.25, -0.2) is 4.98 Å². The molecular weight excluding hydrogens is 232 g/mol. The number of nitrogens with zero attached hydrogens (tertiary/aromatic N) is 4. The third-order valence-corrected chi connectivity index (χ3v) is 2.51. The van der Waals surface area contributed by atoms with Gasteiger partial charge in [0.1, 0.15) is 19.2 Å². The molecule has 0 aliphatic heterocycles. The Bertz CT molecular complexity index is 484. The van der Waals surface area contributed by atoms with Gasteiger partial charge in [-0.3, -0.25) is 9.48 Å². The zero-order valence-electron chi connectivity index (χ0n) is 9.81. The van der Waals surface area contributed by atoms with Gasteiger partial charge in [-0.05, 0) is 12.1 Å². The molecule has 1 N–H and O–H groups in total. The van der Waals surface area contributed by atoms with E-state index < -0.39 is 5.97 Å². The number of anilines is 1. The van der Waals surface area contributed by atoms with Gasteiger partial charge >= 0.3 is 5.97 Å². The molecule has 1 aromatic heterocycles. The Morgan fingerprint density at radius 1 is 1.33 bits per heavy atom. The van der Waals surface area contributed by atoms with Crippen molar-refractivity contribution in [3.8, 4) is 0 Å². The number of benzene rings is 1. The van der Waals surface area contributed by atoms with Crippen LogP contribution in [0.3, 0.4) is 0 Å². The Morgan fingerprint density at radius 3 is 2.72 bits per heavy atom. The van der Waals surface area contributed by atoms with Gasteiger partial charge in [-0.1, -0.05) is 18.2 Å². The molecule has 18 heavy (non-hydrogen) atoms. The van der Waals surface area contributed by atoms with Crippen LogP contribution >= 0.6 is 0 Å². The van der Waals surface area contributed by atoms with Crippen LogP contribution < -0.4 is 4.90 Å². The Morgan fingerprint density at radius 2 is 2.11 bits per heavy atom. The standard InChI is InChI=1S/C12H14N4O2/c17-12(18)8-15(11-4-2-1-3-5-11)6-7-16-10-13-9-14-16/h1-5,9-10H,6-8H2,(H,17,18). The molecule has 0 amide bonds. The van der Waals surface area contributed by atoms with Crippen LogP contribution in [0.2, 0.25) is 0 Å². The van der Waals surface area contributed by atoms with Crippen LogP contribution in [-0.2, 0) is 11.3 Å². The highest BCUT2D eigenvalue weighted by molar-refractivity contribution is 5.73. The van der Waals surface area contributed by atoms with Gasteiger partial charge < -0.3 is 10.0 Å². The van der Waals surface area contributed by atoms with Crippen LogP contribution in [0.5, 0.6) is 0 Å². The SMILES string of the molecule is O=C(O)CN(CCn1cncn1)c1ccccc1. The second-order valence-corrected chi connectivity index (χ2v) is 3.81.